The Hall–Kier alpha value is -4.54. The highest BCUT2D eigenvalue weighted by Gasteiger charge is 2.34. The van der Waals surface area contributed by atoms with Crippen LogP contribution in [0.15, 0.2) is 53.6 Å². The quantitative estimate of drug-likeness (QED) is 0.249. The molecule has 0 saturated heterocycles. The lowest BCUT2D eigenvalue weighted by Gasteiger charge is -2.19. The minimum Gasteiger partial charge on any atom is -0.456 e. The van der Waals surface area contributed by atoms with Crippen molar-refractivity contribution in [3.8, 4) is 34.3 Å². The molecule has 0 fully saturated rings. The summed E-state index contributed by atoms with van der Waals surface area (Å²) in [5.41, 5.74) is -0.496. The van der Waals surface area contributed by atoms with Gasteiger partial charge in [0, 0.05) is 36.6 Å². The van der Waals surface area contributed by atoms with Gasteiger partial charge in [0.15, 0.2) is 22.9 Å². The van der Waals surface area contributed by atoms with Crippen molar-refractivity contribution in [3.05, 3.63) is 93.0 Å². The summed E-state index contributed by atoms with van der Waals surface area (Å²) >= 11 is 0. The minimum absolute atomic E-state index is 0.0412. The fraction of sp³-hybridized carbons (Fsp3) is 0.179. The number of hydrogen-bond acceptors (Lipinski definition) is 4. The fourth-order valence-electron chi connectivity index (χ4n) is 4.62. The van der Waals surface area contributed by atoms with Crippen molar-refractivity contribution in [2.24, 2.45) is 7.05 Å². The third kappa shape index (κ3) is 4.53. The van der Waals surface area contributed by atoms with E-state index in [-0.39, 0.29) is 39.3 Å². The van der Waals surface area contributed by atoms with Crippen LogP contribution in [-0.4, -0.2) is 19.5 Å². The second-order valence-corrected chi connectivity index (χ2v) is 9.14. The first-order chi connectivity index (χ1) is 18.4. The molecule has 200 valence electrons. The van der Waals surface area contributed by atoms with Crippen molar-refractivity contribution < 1.29 is 26.7 Å². The van der Waals surface area contributed by atoms with Crippen LogP contribution in [0.3, 0.4) is 0 Å². The zero-order valence-electron chi connectivity index (χ0n) is 21.2. The Labute approximate surface area is 218 Å². The van der Waals surface area contributed by atoms with E-state index in [1.807, 2.05) is 0 Å². The predicted octanol–water partition coefficient (Wildman–Crippen LogP) is 7.01. The van der Waals surface area contributed by atoms with Crippen LogP contribution < -0.4 is 10.2 Å². The Kier molecular flexibility index (Phi) is 6.24. The Morgan fingerprint density at radius 3 is 2.36 bits per heavy atom. The number of benzene rings is 2. The number of aryl methyl sites for hydroxylation is 2. The van der Waals surface area contributed by atoms with E-state index in [0.717, 1.165) is 24.3 Å². The van der Waals surface area contributed by atoms with Crippen LogP contribution >= 0.6 is 0 Å². The van der Waals surface area contributed by atoms with Crippen molar-refractivity contribution in [1.29, 1.82) is 0 Å². The molecule has 2 aromatic carbocycles. The van der Waals surface area contributed by atoms with Crippen LogP contribution in [0, 0.1) is 32.4 Å². The Balaban J connectivity index is 1.75. The summed E-state index contributed by atoms with van der Waals surface area (Å²) < 4.78 is 77.0. The third-order valence-electron chi connectivity index (χ3n) is 6.46. The molecule has 5 rings (SSSR count). The second-order valence-electron chi connectivity index (χ2n) is 9.14. The number of fused-ring (bicyclic) bond motifs is 1. The van der Waals surface area contributed by atoms with Crippen molar-refractivity contribution >= 4 is 10.9 Å². The largest absolute Gasteiger partial charge is 0.456 e. The second kappa shape index (κ2) is 9.33. The minimum atomic E-state index is -4.69. The van der Waals surface area contributed by atoms with Gasteiger partial charge in [-0.1, -0.05) is 0 Å². The molecular weight excluding hydrogens is 519 g/mol. The molecule has 3 aromatic heterocycles. The molecule has 3 heterocycles. The third-order valence-corrected chi connectivity index (χ3v) is 6.46. The highest BCUT2D eigenvalue weighted by Crippen LogP contribution is 2.43. The summed E-state index contributed by atoms with van der Waals surface area (Å²) in [4.78, 5) is 25.2. The monoisotopic (exact) mass is 540 g/mol. The molecule has 0 bridgehead atoms. The first-order valence-corrected chi connectivity index (χ1v) is 11.7. The molecule has 0 radical (unpaired) electrons. The zero-order chi connectivity index (χ0) is 28.2. The van der Waals surface area contributed by atoms with E-state index in [2.05, 4.69) is 15.0 Å². The van der Waals surface area contributed by atoms with Crippen molar-refractivity contribution in [1.82, 2.24) is 19.5 Å². The standard InChI is InChI=1S/C28H21F5N4O2/c1-13-12-37(4)27(35-13)26-24-18(9-10-34-26)36-19(11-20(24)38)23-14(2)16(28(31,32)33)5-7-22(23)39-21-8-6-17(29)25(30)15(21)3/h5-12H,1-4H3,(H,36,38). The van der Waals surface area contributed by atoms with Crippen molar-refractivity contribution in [3.63, 3.8) is 0 Å². The molecule has 6 nitrogen and oxygen atoms in total. The van der Waals surface area contributed by atoms with E-state index in [1.54, 1.807) is 24.7 Å². The Morgan fingerprint density at radius 2 is 1.69 bits per heavy atom. The number of ether oxygens (including phenoxy) is 1. The molecule has 0 aliphatic heterocycles. The van der Waals surface area contributed by atoms with E-state index in [1.165, 1.54) is 32.2 Å². The number of aromatic nitrogens is 4. The molecule has 0 spiro atoms. The van der Waals surface area contributed by atoms with Gasteiger partial charge in [-0.25, -0.2) is 13.8 Å². The number of pyridine rings is 2. The lowest BCUT2D eigenvalue weighted by molar-refractivity contribution is -0.138. The molecule has 0 unspecified atom stereocenters. The number of halogens is 5. The van der Waals surface area contributed by atoms with Gasteiger partial charge < -0.3 is 14.3 Å². The molecule has 0 amide bonds. The first-order valence-electron chi connectivity index (χ1n) is 11.7. The molecule has 0 aliphatic carbocycles. The van der Waals surface area contributed by atoms with Crippen LogP contribution in [0.2, 0.25) is 0 Å². The van der Waals surface area contributed by atoms with Crippen LogP contribution in [-0.2, 0) is 13.2 Å². The van der Waals surface area contributed by atoms with E-state index < -0.39 is 28.8 Å². The smallest absolute Gasteiger partial charge is 0.416 e. The van der Waals surface area contributed by atoms with E-state index in [4.69, 9.17) is 4.74 Å². The zero-order valence-corrected chi connectivity index (χ0v) is 21.2. The summed E-state index contributed by atoms with van der Waals surface area (Å²) in [7, 11) is 1.76. The first kappa shape index (κ1) is 26.1. The summed E-state index contributed by atoms with van der Waals surface area (Å²) in [6.45, 7) is 4.33. The molecular formula is C28H21F5N4O2. The number of alkyl halides is 3. The van der Waals surface area contributed by atoms with Gasteiger partial charge >= 0.3 is 6.18 Å². The van der Waals surface area contributed by atoms with Crippen LogP contribution in [0.5, 0.6) is 11.5 Å². The number of imidazole rings is 1. The maximum absolute atomic E-state index is 14.2. The maximum atomic E-state index is 14.2. The Morgan fingerprint density at radius 1 is 0.974 bits per heavy atom. The van der Waals surface area contributed by atoms with Gasteiger partial charge in [0.25, 0.3) is 0 Å². The van der Waals surface area contributed by atoms with Crippen molar-refractivity contribution in [2.45, 2.75) is 26.9 Å². The molecule has 0 saturated carbocycles. The van der Waals surface area contributed by atoms with Gasteiger partial charge in [0.2, 0.25) is 0 Å². The van der Waals surface area contributed by atoms with Crippen molar-refractivity contribution in [2.75, 3.05) is 0 Å². The summed E-state index contributed by atoms with van der Waals surface area (Å²) in [6, 6.07) is 6.66. The lowest BCUT2D eigenvalue weighted by atomic mass is 9.97. The summed E-state index contributed by atoms with van der Waals surface area (Å²) in [5, 5.41) is 0.207. The van der Waals surface area contributed by atoms with Gasteiger partial charge in [-0.05, 0) is 56.7 Å². The van der Waals surface area contributed by atoms with E-state index >= 15 is 0 Å². The van der Waals surface area contributed by atoms with Crippen LogP contribution in [0.1, 0.15) is 22.4 Å². The maximum Gasteiger partial charge on any atom is 0.416 e. The highest BCUT2D eigenvalue weighted by molar-refractivity contribution is 5.92. The SMILES string of the molecule is Cc1cn(C)c(-c2nccc3[nH]c(-c4c(Oc5ccc(F)c(F)c5C)ccc(C(F)(F)F)c4C)cc(=O)c23)n1. The average Bonchev–Trinajstić information content (AvgIpc) is 3.20. The number of hydrogen-bond donors (Lipinski definition) is 1. The highest BCUT2D eigenvalue weighted by atomic mass is 19.4. The predicted molar refractivity (Wildman–Crippen MR) is 136 cm³/mol. The van der Waals surface area contributed by atoms with Gasteiger partial charge in [-0.15, -0.1) is 0 Å². The van der Waals surface area contributed by atoms with E-state index in [9.17, 15) is 26.7 Å². The molecule has 0 aliphatic rings. The normalized spacial score (nSPS) is 11.8. The number of aromatic amines is 1. The lowest BCUT2D eigenvalue weighted by Crippen LogP contribution is -2.11. The molecule has 0 atom stereocenters. The molecule has 1 N–H and O–H groups in total. The topological polar surface area (TPSA) is 72.8 Å². The van der Waals surface area contributed by atoms with E-state index in [0.29, 0.717) is 22.7 Å². The van der Waals surface area contributed by atoms with Crippen LogP contribution in [0.4, 0.5) is 22.0 Å². The van der Waals surface area contributed by atoms with Crippen LogP contribution in [0.25, 0.3) is 33.7 Å². The molecule has 11 heteroatoms. The molecule has 39 heavy (non-hydrogen) atoms. The Bertz CT molecular complexity index is 1820. The van der Waals surface area contributed by atoms with Gasteiger partial charge in [0.05, 0.1) is 27.9 Å². The molecule has 5 aromatic rings. The fourth-order valence-corrected chi connectivity index (χ4v) is 4.62. The average molecular weight is 540 g/mol. The summed E-state index contributed by atoms with van der Waals surface area (Å²) in [5.74, 6) is -1.95. The van der Waals surface area contributed by atoms with Gasteiger partial charge in [-0.2, -0.15) is 13.2 Å². The van der Waals surface area contributed by atoms with Gasteiger partial charge in [-0.3, -0.25) is 9.78 Å². The number of H-pyrrole nitrogens is 1. The number of nitrogens with zero attached hydrogens (tertiary/aromatic N) is 3. The van der Waals surface area contributed by atoms with Gasteiger partial charge in [0.1, 0.15) is 17.2 Å². The number of rotatable bonds is 4. The number of nitrogens with one attached hydrogen (secondary N) is 1. The summed E-state index contributed by atoms with van der Waals surface area (Å²) in [6.07, 6.45) is -1.46.